The number of hydrogen-bond acceptors (Lipinski definition) is 2. The monoisotopic (exact) mass is 402 g/mol. The lowest BCUT2D eigenvalue weighted by Gasteiger charge is -2.10. The van der Waals surface area contributed by atoms with E-state index in [0.29, 0.717) is 0 Å². The van der Waals surface area contributed by atoms with Crippen molar-refractivity contribution in [2.75, 3.05) is 5.73 Å². The van der Waals surface area contributed by atoms with Crippen LogP contribution in [0.15, 0.2) is 120 Å². The molecule has 0 aromatic heterocycles. The first-order chi connectivity index (χ1) is 15.2. The highest BCUT2D eigenvalue weighted by Gasteiger charge is 2.06. The van der Waals surface area contributed by atoms with E-state index in [2.05, 4.69) is 60.7 Å². The van der Waals surface area contributed by atoms with E-state index in [1.807, 2.05) is 61.6 Å². The van der Waals surface area contributed by atoms with Crippen LogP contribution in [0.2, 0.25) is 0 Å². The van der Waals surface area contributed by atoms with Gasteiger partial charge >= 0.3 is 0 Å². The number of nitrogens with two attached hydrogens (primary N) is 1. The SMILES string of the molecule is C/C=C\C=C/C(=Nc1ccc(Cc2ccc3ccccc3c2N)cc1)c1ccccc1. The first kappa shape index (κ1) is 20.4. The zero-order valence-electron chi connectivity index (χ0n) is 17.7. The molecule has 4 aromatic carbocycles. The molecule has 4 rings (SSSR count). The molecule has 0 atom stereocenters. The lowest BCUT2D eigenvalue weighted by molar-refractivity contribution is 1.20. The van der Waals surface area contributed by atoms with Gasteiger partial charge in [0.15, 0.2) is 0 Å². The number of benzene rings is 4. The van der Waals surface area contributed by atoms with E-state index in [1.54, 1.807) is 0 Å². The average Bonchev–Trinajstić information content (AvgIpc) is 2.82. The van der Waals surface area contributed by atoms with Crippen LogP contribution in [0.3, 0.4) is 0 Å². The highest BCUT2D eigenvalue weighted by Crippen LogP contribution is 2.27. The third kappa shape index (κ3) is 4.99. The fraction of sp³-hybridized carbons (Fsp3) is 0.0690. The van der Waals surface area contributed by atoms with Crippen LogP contribution >= 0.6 is 0 Å². The van der Waals surface area contributed by atoms with Gasteiger partial charge in [-0.1, -0.05) is 97.1 Å². The molecule has 0 bridgehead atoms. The Bertz CT molecular complexity index is 1250. The highest BCUT2D eigenvalue weighted by molar-refractivity contribution is 6.10. The van der Waals surface area contributed by atoms with Crippen LogP contribution in [0, 0.1) is 0 Å². The van der Waals surface area contributed by atoms with Crippen molar-refractivity contribution in [3.8, 4) is 0 Å². The molecule has 4 aromatic rings. The van der Waals surface area contributed by atoms with Crippen LogP contribution in [0.25, 0.3) is 10.8 Å². The van der Waals surface area contributed by atoms with Crippen LogP contribution in [0.5, 0.6) is 0 Å². The van der Waals surface area contributed by atoms with Crippen LogP contribution in [-0.4, -0.2) is 5.71 Å². The molecule has 0 saturated heterocycles. The number of nitrogen functional groups attached to an aromatic ring is 1. The van der Waals surface area contributed by atoms with E-state index in [9.17, 15) is 0 Å². The molecular formula is C29H26N2. The van der Waals surface area contributed by atoms with Crippen molar-refractivity contribution in [1.29, 1.82) is 0 Å². The maximum absolute atomic E-state index is 6.45. The lowest BCUT2D eigenvalue weighted by atomic mass is 9.98. The molecule has 0 aliphatic heterocycles. The number of rotatable bonds is 6. The van der Waals surface area contributed by atoms with E-state index in [4.69, 9.17) is 10.7 Å². The Morgan fingerprint density at radius 2 is 1.55 bits per heavy atom. The topological polar surface area (TPSA) is 38.4 Å². The predicted molar refractivity (Wildman–Crippen MR) is 134 cm³/mol. The van der Waals surface area contributed by atoms with E-state index in [0.717, 1.165) is 40.0 Å². The maximum Gasteiger partial charge on any atom is 0.0709 e. The lowest BCUT2D eigenvalue weighted by Crippen LogP contribution is -1.97. The van der Waals surface area contributed by atoms with E-state index >= 15 is 0 Å². The number of nitrogens with zero attached hydrogens (tertiary/aromatic N) is 1. The summed E-state index contributed by atoms with van der Waals surface area (Å²) < 4.78 is 0. The summed E-state index contributed by atoms with van der Waals surface area (Å²) in [6.07, 6.45) is 8.87. The summed E-state index contributed by atoms with van der Waals surface area (Å²) in [5.41, 5.74) is 12.6. The van der Waals surface area contributed by atoms with Gasteiger partial charge < -0.3 is 5.73 Å². The van der Waals surface area contributed by atoms with Gasteiger partial charge in [-0.05, 0) is 48.1 Å². The molecule has 152 valence electrons. The van der Waals surface area contributed by atoms with Gasteiger partial charge in [0.25, 0.3) is 0 Å². The Labute approximate surface area is 184 Å². The fourth-order valence-corrected chi connectivity index (χ4v) is 3.61. The summed E-state index contributed by atoms with van der Waals surface area (Å²) in [7, 11) is 0. The Hall–Kier alpha value is -3.91. The van der Waals surface area contributed by atoms with Crippen molar-refractivity contribution in [1.82, 2.24) is 0 Å². The molecule has 0 radical (unpaired) electrons. The Kier molecular flexibility index (Phi) is 6.39. The largest absolute Gasteiger partial charge is 0.398 e. The van der Waals surface area contributed by atoms with Gasteiger partial charge in [0, 0.05) is 16.6 Å². The fourth-order valence-electron chi connectivity index (χ4n) is 3.61. The van der Waals surface area contributed by atoms with Crippen molar-refractivity contribution in [3.05, 3.63) is 132 Å². The van der Waals surface area contributed by atoms with E-state index in [1.165, 1.54) is 10.9 Å². The molecule has 0 heterocycles. The number of allylic oxidation sites excluding steroid dienone is 4. The minimum Gasteiger partial charge on any atom is -0.398 e. The van der Waals surface area contributed by atoms with Crippen LogP contribution in [0.1, 0.15) is 23.6 Å². The second kappa shape index (κ2) is 9.73. The molecule has 0 aliphatic carbocycles. The third-order valence-corrected chi connectivity index (χ3v) is 5.27. The molecular weight excluding hydrogens is 376 g/mol. The number of anilines is 1. The first-order valence-electron chi connectivity index (χ1n) is 10.5. The van der Waals surface area contributed by atoms with Crippen molar-refractivity contribution >= 4 is 27.9 Å². The molecule has 31 heavy (non-hydrogen) atoms. The minimum absolute atomic E-state index is 0.799. The van der Waals surface area contributed by atoms with E-state index in [-0.39, 0.29) is 0 Å². The van der Waals surface area contributed by atoms with Gasteiger partial charge in [0.2, 0.25) is 0 Å². The van der Waals surface area contributed by atoms with Crippen molar-refractivity contribution in [3.63, 3.8) is 0 Å². The summed E-state index contributed by atoms with van der Waals surface area (Å²) in [6.45, 7) is 2.00. The Morgan fingerprint density at radius 1 is 0.806 bits per heavy atom. The third-order valence-electron chi connectivity index (χ3n) is 5.27. The minimum atomic E-state index is 0.799. The Balaban J connectivity index is 1.59. The normalized spacial score (nSPS) is 12.2. The smallest absolute Gasteiger partial charge is 0.0709 e. The highest BCUT2D eigenvalue weighted by atomic mass is 14.7. The molecule has 0 aliphatic rings. The number of fused-ring (bicyclic) bond motifs is 1. The number of hydrogen-bond donors (Lipinski definition) is 1. The van der Waals surface area contributed by atoms with E-state index < -0.39 is 0 Å². The van der Waals surface area contributed by atoms with Gasteiger partial charge in [0.1, 0.15) is 0 Å². The summed E-state index contributed by atoms with van der Waals surface area (Å²) in [5, 5.41) is 2.29. The molecule has 0 unspecified atom stereocenters. The molecule has 2 heteroatoms. The standard InChI is InChI=1S/C29H26N2/c1-2-3-5-14-28(24-11-6-4-7-12-24)31-26-19-15-22(16-20-26)21-25-18-17-23-10-8-9-13-27(23)29(25)30/h2-20H,21,30H2,1H3/b3-2-,14-5-,31-28?. The van der Waals surface area contributed by atoms with Crippen LogP contribution in [0.4, 0.5) is 11.4 Å². The van der Waals surface area contributed by atoms with Crippen molar-refractivity contribution in [2.24, 2.45) is 4.99 Å². The second-order valence-electron chi connectivity index (χ2n) is 7.45. The molecule has 0 amide bonds. The van der Waals surface area contributed by atoms with Crippen LogP contribution in [-0.2, 0) is 6.42 Å². The molecule has 2 nitrogen and oxygen atoms in total. The predicted octanol–water partition coefficient (Wildman–Crippen LogP) is 7.27. The molecule has 0 spiro atoms. The maximum atomic E-state index is 6.45. The van der Waals surface area contributed by atoms with Gasteiger partial charge in [-0.3, -0.25) is 0 Å². The summed E-state index contributed by atoms with van der Waals surface area (Å²) in [6, 6.07) is 31.2. The summed E-state index contributed by atoms with van der Waals surface area (Å²) >= 11 is 0. The second-order valence-corrected chi connectivity index (χ2v) is 7.45. The molecule has 0 fully saturated rings. The quantitative estimate of drug-likeness (QED) is 0.206. The first-order valence-corrected chi connectivity index (χ1v) is 10.5. The van der Waals surface area contributed by atoms with Gasteiger partial charge in [-0.2, -0.15) is 0 Å². The van der Waals surface area contributed by atoms with Gasteiger partial charge in [-0.15, -0.1) is 0 Å². The molecule has 0 saturated carbocycles. The van der Waals surface area contributed by atoms with Crippen molar-refractivity contribution in [2.45, 2.75) is 13.3 Å². The van der Waals surface area contributed by atoms with Gasteiger partial charge in [0.05, 0.1) is 11.4 Å². The zero-order chi connectivity index (χ0) is 21.5. The zero-order valence-corrected chi connectivity index (χ0v) is 17.7. The Morgan fingerprint density at radius 3 is 2.32 bits per heavy atom. The summed E-state index contributed by atoms with van der Waals surface area (Å²) in [4.78, 5) is 4.88. The van der Waals surface area contributed by atoms with Crippen molar-refractivity contribution < 1.29 is 0 Å². The van der Waals surface area contributed by atoms with Crippen LogP contribution < -0.4 is 5.73 Å². The molecule has 2 N–H and O–H groups in total. The average molecular weight is 403 g/mol. The number of aliphatic imine (C=N–C) groups is 1. The summed E-state index contributed by atoms with van der Waals surface area (Å²) in [5.74, 6) is 0. The van der Waals surface area contributed by atoms with Gasteiger partial charge in [-0.25, -0.2) is 4.99 Å².